The molecule has 0 spiro atoms. The topological polar surface area (TPSA) is 58.9 Å². The molecule has 19 heavy (non-hydrogen) atoms. The van der Waals surface area contributed by atoms with E-state index in [2.05, 4.69) is 13.8 Å². The van der Waals surface area contributed by atoms with E-state index in [0.717, 1.165) is 6.42 Å². The first-order valence-electron chi connectivity index (χ1n) is 6.02. The van der Waals surface area contributed by atoms with Crippen molar-refractivity contribution in [1.29, 1.82) is 0 Å². The van der Waals surface area contributed by atoms with E-state index in [0.29, 0.717) is 24.4 Å². The number of rotatable bonds is 6. The second-order valence-electron chi connectivity index (χ2n) is 3.64. The van der Waals surface area contributed by atoms with Gasteiger partial charge < -0.3 is 26.4 Å². The van der Waals surface area contributed by atoms with E-state index in [1.807, 2.05) is 0 Å². The zero-order valence-corrected chi connectivity index (χ0v) is 12.1. The molecule has 1 aromatic rings. The Hall–Kier alpha value is -0.438. The van der Waals surface area contributed by atoms with E-state index >= 15 is 0 Å². The Kier molecular flexibility index (Phi) is 15.4. The molecule has 102 valence electrons. The third-order valence-electron chi connectivity index (χ3n) is 2.09. The van der Waals surface area contributed by atoms with Crippen LogP contribution >= 0.6 is 0 Å². The minimum Gasteiger partial charge on any atom is -0.491 e. The third kappa shape index (κ3) is 11.1. The van der Waals surface area contributed by atoms with Gasteiger partial charge in [0.25, 0.3) is 0 Å². The summed E-state index contributed by atoms with van der Waals surface area (Å²) in [6, 6.07) is 6.58. The second kappa shape index (κ2) is 14.0. The van der Waals surface area contributed by atoms with Crippen LogP contribution in [0.25, 0.3) is 0 Å². The third-order valence-corrected chi connectivity index (χ3v) is 2.09. The molecule has 0 amide bonds. The molecule has 0 saturated carbocycles. The van der Waals surface area contributed by atoms with Gasteiger partial charge in [0.05, 0.1) is 6.61 Å². The van der Waals surface area contributed by atoms with Crippen molar-refractivity contribution in [3.63, 3.8) is 0 Å². The first-order valence-corrected chi connectivity index (χ1v) is 6.02. The van der Waals surface area contributed by atoms with Crippen molar-refractivity contribution >= 4 is 12.6 Å². The van der Waals surface area contributed by atoms with Crippen LogP contribution in [0.2, 0.25) is 0 Å². The predicted molar refractivity (Wildman–Crippen MR) is 73.9 cm³/mol. The summed E-state index contributed by atoms with van der Waals surface area (Å²) in [5.41, 5.74) is 0.448. The van der Waals surface area contributed by atoms with Crippen LogP contribution in [0.4, 0.5) is 0 Å². The van der Waals surface area contributed by atoms with Crippen molar-refractivity contribution in [2.45, 2.75) is 19.8 Å². The fourth-order valence-electron chi connectivity index (χ4n) is 0.979. The summed E-state index contributed by atoms with van der Waals surface area (Å²) in [6.45, 7) is 6.74. The monoisotopic (exact) mass is 260 g/mol. The maximum absolute atomic E-state index is 8.82. The molecule has 1 aromatic carbocycles. The van der Waals surface area contributed by atoms with Gasteiger partial charge in [-0.15, -0.1) is 0 Å². The Bertz CT molecular complexity index is 291. The molecule has 0 atom stereocenters. The molecule has 1 rings (SSSR count). The zero-order chi connectivity index (χ0) is 13.8. The van der Waals surface area contributed by atoms with Gasteiger partial charge in [-0.25, -0.2) is 0 Å². The molecule has 4 nitrogen and oxygen atoms in total. The summed E-state index contributed by atoms with van der Waals surface area (Å²) in [5.74, 6) is 0.687. The van der Waals surface area contributed by atoms with Crippen molar-refractivity contribution in [2.24, 2.45) is 0 Å². The van der Waals surface area contributed by atoms with Gasteiger partial charge in [-0.05, 0) is 17.6 Å². The molecule has 0 bridgehead atoms. The Morgan fingerprint density at radius 3 is 2.05 bits per heavy atom. The van der Waals surface area contributed by atoms with E-state index in [4.69, 9.17) is 19.5 Å². The molecular weight excluding hydrogens is 238 g/mol. The van der Waals surface area contributed by atoms with Crippen molar-refractivity contribution in [3.05, 3.63) is 31.2 Å². The normalized spacial score (nSPS) is 8.89. The van der Waals surface area contributed by atoms with Crippen LogP contribution in [0.5, 0.6) is 5.75 Å². The maximum atomic E-state index is 8.82. The minimum absolute atomic E-state index is 0. The van der Waals surface area contributed by atoms with Crippen LogP contribution in [0.3, 0.4) is 0 Å². The number of unbranched alkanes of at least 4 members (excludes halogenated alkanes) is 1. The molecule has 0 radical (unpaired) electrons. The Morgan fingerprint density at radius 1 is 1.16 bits per heavy atom. The number of benzene rings is 1. The van der Waals surface area contributed by atoms with Crippen LogP contribution in [-0.4, -0.2) is 37.5 Å². The van der Waals surface area contributed by atoms with Gasteiger partial charge in [0.2, 0.25) is 0 Å². The van der Waals surface area contributed by atoms with Crippen molar-refractivity contribution in [1.82, 2.24) is 0 Å². The quantitative estimate of drug-likeness (QED) is 0.353. The largest absolute Gasteiger partial charge is 1.00 e. The van der Waals surface area contributed by atoms with E-state index in [9.17, 15) is 0 Å². The van der Waals surface area contributed by atoms with Gasteiger partial charge >= 0.3 is 26.0 Å². The van der Waals surface area contributed by atoms with E-state index in [1.165, 1.54) is 6.42 Å². The van der Waals surface area contributed by atoms with Gasteiger partial charge in [0.15, 0.2) is 0 Å². The van der Waals surface area contributed by atoms with Gasteiger partial charge in [0.1, 0.15) is 12.4 Å². The molecule has 0 aromatic heterocycles. The Morgan fingerprint density at radius 2 is 1.68 bits per heavy atom. The average molecular weight is 260 g/mol. The summed E-state index contributed by atoms with van der Waals surface area (Å²) in [7, 11) is 0.178. The number of hydrogen-bond acceptors (Lipinski definition) is 4. The molecule has 0 saturated heterocycles. The number of hydrogen-bond donors (Lipinski definition) is 2. The van der Waals surface area contributed by atoms with Crippen LogP contribution in [-0.2, 0) is 4.74 Å². The van der Waals surface area contributed by atoms with Crippen LogP contribution < -0.4 is 29.1 Å². The summed E-state index contributed by atoms with van der Waals surface area (Å²) >= 11 is 0. The van der Waals surface area contributed by atoms with Crippen molar-refractivity contribution < 1.29 is 38.4 Å². The van der Waals surface area contributed by atoms with Gasteiger partial charge in [-0.2, -0.15) is 6.42 Å². The fourth-order valence-corrected chi connectivity index (χ4v) is 0.979. The number of methoxy groups -OCH3 is 1. The first-order chi connectivity index (χ1) is 8.65. The molecule has 0 fully saturated rings. The molecule has 0 aliphatic carbocycles. The number of ether oxygens (including phenoxy) is 2. The van der Waals surface area contributed by atoms with Gasteiger partial charge in [-0.3, -0.25) is 0 Å². The second-order valence-corrected chi connectivity index (χ2v) is 3.64. The molecule has 0 aliphatic heterocycles. The zero-order valence-electron chi connectivity index (χ0n) is 12.1. The van der Waals surface area contributed by atoms with Crippen LogP contribution in [0.15, 0.2) is 24.3 Å². The molecular formula is C13H22BLiO4. The van der Waals surface area contributed by atoms with Crippen molar-refractivity contribution in [2.75, 3.05) is 20.3 Å². The van der Waals surface area contributed by atoms with Crippen LogP contribution in [0.1, 0.15) is 19.8 Å². The summed E-state index contributed by atoms with van der Waals surface area (Å²) in [6.07, 6.45) is 2.28. The van der Waals surface area contributed by atoms with Crippen LogP contribution in [0, 0.1) is 6.92 Å². The Balaban J connectivity index is 0. The minimum atomic E-state index is -1.43. The van der Waals surface area contributed by atoms with Gasteiger partial charge in [-0.1, -0.05) is 25.5 Å². The molecule has 6 heteroatoms. The summed E-state index contributed by atoms with van der Waals surface area (Å²) in [5, 5.41) is 17.6. The van der Waals surface area contributed by atoms with E-state index in [1.54, 1.807) is 31.4 Å². The molecule has 0 aliphatic rings. The SMILES string of the molecule is COCCOc1ccc(B(O)O)cc1.[CH2-]CCC.[Li+]. The van der Waals surface area contributed by atoms with Gasteiger partial charge in [0, 0.05) is 7.11 Å². The van der Waals surface area contributed by atoms with E-state index < -0.39 is 7.12 Å². The standard InChI is InChI=1S/C9H13BO4.C4H9.Li/c1-13-6-7-14-9-4-2-8(3-5-9)10(11)12;1-3-4-2;/h2-5,11-12H,6-7H2,1H3;1,3-4H2,2H3;/q;-1;+1. The average Bonchev–Trinajstić information content (AvgIpc) is 2.40. The first kappa shape index (κ1) is 20.9. The van der Waals surface area contributed by atoms with E-state index in [-0.39, 0.29) is 18.9 Å². The Labute approximate surface area is 128 Å². The van der Waals surface area contributed by atoms with Crippen molar-refractivity contribution in [3.8, 4) is 5.75 Å². The molecule has 2 N–H and O–H groups in total. The maximum Gasteiger partial charge on any atom is 1.00 e. The molecule has 0 unspecified atom stereocenters. The smallest absolute Gasteiger partial charge is 0.491 e. The fraction of sp³-hybridized carbons (Fsp3) is 0.462. The predicted octanol–water partition coefficient (Wildman–Crippen LogP) is -1.98. The summed E-state index contributed by atoms with van der Waals surface area (Å²) in [4.78, 5) is 0. The molecule has 0 heterocycles. The summed E-state index contributed by atoms with van der Waals surface area (Å²) < 4.78 is 10.1.